The van der Waals surface area contributed by atoms with Crippen LogP contribution in [0.25, 0.3) is 11.1 Å². The van der Waals surface area contributed by atoms with Crippen LogP contribution in [0.4, 0.5) is 10.1 Å². The number of unbranched alkanes of at least 4 members (excludes halogenated alkanes) is 2. The number of nitrogens with zero attached hydrogens (tertiary/aromatic N) is 5. The Balaban J connectivity index is 1.66. The largest absolute Gasteiger partial charge is 0.464 e. The first-order chi connectivity index (χ1) is 17.4. The summed E-state index contributed by atoms with van der Waals surface area (Å²) in [6, 6.07) is 7.95. The lowest BCUT2D eigenvalue weighted by Gasteiger charge is -2.23. The summed E-state index contributed by atoms with van der Waals surface area (Å²) < 4.78 is 23.9. The fraction of sp³-hybridized carbons (Fsp3) is 0.444. The Hall–Kier alpha value is -3.62. The van der Waals surface area contributed by atoms with Crippen LogP contribution in [0.2, 0.25) is 0 Å². The molecule has 0 saturated carbocycles. The van der Waals surface area contributed by atoms with E-state index in [1.807, 2.05) is 45.0 Å². The third kappa shape index (κ3) is 7.96. The third-order valence-corrected chi connectivity index (χ3v) is 5.58. The number of hydrogen-bond acceptors (Lipinski definition) is 7. The summed E-state index contributed by atoms with van der Waals surface area (Å²) in [5, 5.41) is 3.99. The van der Waals surface area contributed by atoms with Crippen molar-refractivity contribution in [2.24, 2.45) is 0 Å². The molecule has 9 heteroatoms. The van der Waals surface area contributed by atoms with E-state index in [0.29, 0.717) is 37.3 Å². The van der Waals surface area contributed by atoms with Crippen molar-refractivity contribution in [1.29, 1.82) is 0 Å². The van der Waals surface area contributed by atoms with E-state index in [4.69, 9.17) is 9.26 Å². The van der Waals surface area contributed by atoms with Crippen molar-refractivity contribution in [2.45, 2.75) is 65.2 Å². The Morgan fingerprint density at radius 3 is 2.58 bits per heavy atom. The predicted octanol–water partition coefficient (Wildman–Crippen LogP) is 6.06. The van der Waals surface area contributed by atoms with Crippen LogP contribution in [0.5, 0.6) is 6.01 Å². The van der Waals surface area contributed by atoms with E-state index >= 15 is 0 Å². The van der Waals surface area contributed by atoms with Crippen molar-refractivity contribution in [3.8, 4) is 17.1 Å². The molecule has 0 bridgehead atoms. The van der Waals surface area contributed by atoms with Crippen LogP contribution in [-0.4, -0.2) is 39.2 Å². The fourth-order valence-electron chi connectivity index (χ4n) is 3.62. The Kier molecular flexibility index (Phi) is 10.1. The van der Waals surface area contributed by atoms with Gasteiger partial charge in [-0.15, -0.1) is 0 Å². The smallest absolute Gasteiger partial charge is 0.316 e. The molecule has 0 fully saturated rings. The average Bonchev–Trinajstić information content (AvgIpc) is 3.35. The first-order valence-electron chi connectivity index (χ1n) is 12.4. The molecule has 1 amide bonds. The van der Waals surface area contributed by atoms with Crippen molar-refractivity contribution in [2.75, 3.05) is 18.1 Å². The van der Waals surface area contributed by atoms with Gasteiger partial charge in [-0.05, 0) is 37.5 Å². The van der Waals surface area contributed by atoms with Crippen LogP contribution in [0.1, 0.15) is 70.5 Å². The molecule has 0 unspecified atom stereocenters. The minimum absolute atomic E-state index is 0.0110. The van der Waals surface area contributed by atoms with Crippen LogP contribution in [0.3, 0.4) is 0 Å². The Morgan fingerprint density at radius 2 is 1.92 bits per heavy atom. The number of allylic oxidation sites excluding steroid dienone is 1. The second kappa shape index (κ2) is 13.5. The molecule has 0 aliphatic rings. The van der Waals surface area contributed by atoms with Crippen LogP contribution in [-0.2, 0) is 11.2 Å². The van der Waals surface area contributed by atoms with Crippen molar-refractivity contribution in [3.05, 3.63) is 60.8 Å². The van der Waals surface area contributed by atoms with Crippen LogP contribution in [0, 0.1) is 0 Å². The van der Waals surface area contributed by atoms with Gasteiger partial charge < -0.3 is 14.2 Å². The molecule has 0 aliphatic carbocycles. The van der Waals surface area contributed by atoms with Gasteiger partial charge in [0.1, 0.15) is 0 Å². The van der Waals surface area contributed by atoms with Gasteiger partial charge >= 0.3 is 6.01 Å². The zero-order valence-electron chi connectivity index (χ0n) is 21.2. The molecule has 3 rings (SSSR count). The van der Waals surface area contributed by atoms with Crippen molar-refractivity contribution in [3.63, 3.8) is 0 Å². The maximum atomic E-state index is 13.3. The van der Waals surface area contributed by atoms with Crippen LogP contribution < -0.4 is 9.64 Å². The number of carbonyl (C=O) groups is 1. The quantitative estimate of drug-likeness (QED) is 0.251. The van der Waals surface area contributed by atoms with Gasteiger partial charge in [0.05, 0.1) is 12.4 Å². The minimum atomic E-state index is -0.496. The number of anilines is 1. The maximum Gasteiger partial charge on any atom is 0.316 e. The molecular weight excluding hydrogens is 461 g/mol. The Labute approximate surface area is 211 Å². The third-order valence-electron chi connectivity index (χ3n) is 5.58. The molecule has 36 heavy (non-hydrogen) atoms. The zero-order chi connectivity index (χ0) is 25.9. The van der Waals surface area contributed by atoms with Gasteiger partial charge in [0.2, 0.25) is 11.8 Å². The summed E-state index contributed by atoms with van der Waals surface area (Å²) in [5.74, 6) is 0.941. The van der Waals surface area contributed by atoms with E-state index in [9.17, 15) is 9.18 Å². The van der Waals surface area contributed by atoms with Crippen molar-refractivity contribution in [1.82, 2.24) is 20.1 Å². The number of aryl methyl sites for hydroxylation is 1. The van der Waals surface area contributed by atoms with Crippen LogP contribution in [0.15, 0.2) is 53.6 Å². The highest BCUT2D eigenvalue weighted by molar-refractivity contribution is 5.94. The molecule has 0 aliphatic heterocycles. The lowest BCUT2D eigenvalue weighted by Crippen LogP contribution is -2.31. The molecule has 2 heterocycles. The number of rotatable bonds is 14. The topological polar surface area (TPSA) is 94.2 Å². The van der Waals surface area contributed by atoms with E-state index in [2.05, 4.69) is 26.7 Å². The number of carbonyl (C=O) groups excluding carboxylic acids is 1. The van der Waals surface area contributed by atoms with Crippen LogP contribution >= 0.6 is 0 Å². The number of aromatic nitrogens is 4. The molecule has 3 aromatic rings. The number of benzene rings is 1. The van der Waals surface area contributed by atoms with Gasteiger partial charge in [-0.25, -0.2) is 14.4 Å². The molecule has 192 valence electrons. The lowest BCUT2D eigenvalue weighted by atomic mass is 10.1. The highest BCUT2D eigenvalue weighted by Crippen LogP contribution is 2.26. The average molecular weight is 496 g/mol. The summed E-state index contributed by atoms with van der Waals surface area (Å²) in [7, 11) is 0. The number of hydrogen-bond donors (Lipinski definition) is 0. The molecule has 8 nitrogen and oxygen atoms in total. The summed E-state index contributed by atoms with van der Waals surface area (Å²) >= 11 is 0. The zero-order valence-corrected chi connectivity index (χ0v) is 21.2. The fourth-order valence-corrected chi connectivity index (χ4v) is 3.62. The van der Waals surface area contributed by atoms with E-state index in [-0.39, 0.29) is 24.7 Å². The molecule has 0 radical (unpaired) electrons. The molecule has 0 saturated heterocycles. The van der Waals surface area contributed by atoms with E-state index in [1.165, 1.54) is 0 Å². The number of ether oxygens (including phenoxy) is 1. The van der Waals surface area contributed by atoms with Gasteiger partial charge in [-0.3, -0.25) is 4.79 Å². The first kappa shape index (κ1) is 27.0. The first-order valence-corrected chi connectivity index (χ1v) is 12.4. The molecular formula is C27H34FN5O3. The van der Waals surface area contributed by atoms with Gasteiger partial charge in [0.15, 0.2) is 5.82 Å². The van der Waals surface area contributed by atoms with E-state index < -0.39 is 5.83 Å². The normalized spacial score (nSPS) is 11.0. The molecule has 0 N–H and O–H groups in total. The lowest BCUT2D eigenvalue weighted by molar-refractivity contribution is -0.118. The molecule has 2 aromatic heterocycles. The van der Waals surface area contributed by atoms with Crippen molar-refractivity contribution < 1.29 is 18.4 Å². The monoisotopic (exact) mass is 495 g/mol. The van der Waals surface area contributed by atoms with E-state index in [0.717, 1.165) is 36.1 Å². The number of amides is 1. The summed E-state index contributed by atoms with van der Waals surface area (Å²) in [4.78, 5) is 27.6. The predicted molar refractivity (Wildman–Crippen MR) is 136 cm³/mol. The second-order valence-corrected chi connectivity index (χ2v) is 8.81. The summed E-state index contributed by atoms with van der Waals surface area (Å²) in [5.41, 5.74) is 2.43. The standard InChI is InChI=1S/C27H34FN5O3/c1-5-35-27-29-17-22(18-30-27)21-10-9-11-23(16-21)33(25(34)14-13-20(4)28)15-8-6-7-12-24-31-26(19(2)3)32-36-24/h9-11,16-19H,4-8,12-15H2,1-3H3. The SMILES string of the molecule is C=C(F)CCC(=O)N(CCCCCc1nc(C(C)C)no1)c1cccc(-c2cnc(OCC)nc2)c1. The number of halogens is 1. The minimum Gasteiger partial charge on any atom is -0.464 e. The van der Waals surface area contributed by atoms with E-state index in [1.54, 1.807) is 17.3 Å². The Bertz CT molecular complexity index is 1130. The van der Waals surface area contributed by atoms with Crippen molar-refractivity contribution >= 4 is 11.6 Å². The van der Waals surface area contributed by atoms with Gasteiger partial charge in [0, 0.05) is 55.4 Å². The summed E-state index contributed by atoms with van der Waals surface area (Å²) in [6.07, 6.45) is 6.68. The highest BCUT2D eigenvalue weighted by Gasteiger charge is 2.17. The maximum absolute atomic E-state index is 13.3. The van der Waals surface area contributed by atoms with Gasteiger partial charge in [0.25, 0.3) is 0 Å². The second-order valence-electron chi connectivity index (χ2n) is 8.81. The summed E-state index contributed by atoms with van der Waals surface area (Å²) in [6.45, 7) is 10.2. The molecule has 0 spiro atoms. The molecule has 0 atom stereocenters. The van der Waals surface area contributed by atoms with Gasteiger partial charge in [-0.2, -0.15) is 4.98 Å². The molecule has 1 aromatic carbocycles. The Morgan fingerprint density at radius 1 is 1.14 bits per heavy atom. The van der Waals surface area contributed by atoms with Gasteiger partial charge in [-0.1, -0.05) is 44.1 Å². The highest BCUT2D eigenvalue weighted by atomic mass is 19.1.